The van der Waals surface area contributed by atoms with Crippen LogP contribution in [0.1, 0.15) is 49.6 Å². The third-order valence-corrected chi connectivity index (χ3v) is 5.64. The predicted molar refractivity (Wildman–Crippen MR) is 106 cm³/mol. The number of anilines is 2. The number of aromatic nitrogens is 2. The molecule has 1 unspecified atom stereocenters. The second-order valence-electron chi connectivity index (χ2n) is 6.84. The molecule has 0 aliphatic carbocycles. The molecule has 0 spiro atoms. The van der Waals surface area contributed by atoms with Gasteiger partial charge in [-0.3, -0.25) is 4.79 Å². The minimum Gasteiger partial charge on any atom is -0.341 e. The second kappa shape index (κ2) is 8.60. The van der Waals surface area contributed by atoms with Crippen molar-refractivity contribution in [2.24, 2.45) is 5.73 Å². The van der Waals surface area contributed by atoms with Crippen molar-refractivity contribution in [3.8, 4) is 0 Å². The van der Waals surface area contributed by atoms with Gasteiger partial charge in [0.2, 0.25) is 5.91 Å². The Kier molecular flexibility index (Phi) is 6.21. The normalized spacial score (nSPS) is 16.5. The maximum Gasteiger partial charge on any atom is 0.239 e. The molecule has 1 amide bonds. The van der Waals surface area contributed by atoms with Crippen LogP contribution in [0.5, 0.6) is 0 Å². The average Bonchev–Trinajstić information content (AvgIpc) is 3.08. The van der Waals surface area contributed by atoms with Crippen LogP contribution >= 0.6 is 11.3 Å². The summed E-state index contributed by atoms with van der Waals surface area (Å²) in [6.45, 7) is 5.41. The van der Waals surface area contributed by atoms with E-state index >= 15 is 0 Å². The smallest absolute Gasteiger partial charge is 0.239 e. The van der Waals surface area contributed by atoms with Crippen molar-refractivity contribution in [1.29, 1.82) is 0 Å². The van der Waals surface area contributed by atoms with Crippen LogP contribution in [0.15, 0.2) is 24.4 Å². The lowest BCUT2D eigenvalue weighted by Gasteiger charge is -2.32. The first-order chi connectivity index (χ1) is 12.6. The van der Waals surface area contributed by atoms with Crippen molar-refractivity contribution in [2.75, 3.05) is 18.4 Å². The number of aryl methyl sites for hydroxylation is 1. The zero-order chi connectivity index (χ0) is 18.5. The van der Waals surface area contributed by atoms with E-state index in [2.05, 4.69) is 23.3 Å². The van der Waals surface area contributed by atoms with Gasteiger partial charge in [-0.15, -0.1) is 11.3 Å². The van der Waals surface area contributed by atoms with E-state index in [1.807, 2.05) is 23.2 Å². The van der Waals surface area contributed by atoms with Gasteiger partial charge in [0.25, 0.3) is 0 Å². The number of carbonyl (C=O) groups is 1. The number of nitrogens with zero attached hydrogens (tertiary/aromatic N) is 3. The Morgan fingerprint density at radius 1 is 1.42 bits per heavy atom. The highest BCUT2D eigenvalue weighted by molar-refractivity contribution is 7.15. The van der Waals surface area contributed by atoms with Gasteiger partial charge in [0.05, 0.1) is 6.04 Å². The molecule has 140 valence electrons. The Labute approximate surface area is 158 Å². The molecular formula is C19H27N5OS. The van der Waals surface area contributed by atoms with Gasteiger partial charge >= 0.3 is 0 Å². The van der Waals surface area contributed by atoms with E-state index < -0.39 is 6.04 Å². The molecule has 3 N–H and O–H groups in total. The van der Waals surface area contributed by atoms with Crippen LogP contribution in [-0.2, 0) is 11.2 Å². The number of piperidine rings is 1. The van der Waals surface area contributed by atoms with Crippen molar-refractivity contribution in [1.82, 2.24) is 14.9 Å². The lowest BCUT2D eigenvalue weighted by atomic mass is 9.92. The molecule has 2 aromatic rings. The number of hydrogen-bond acceptors (Lipinski definition) is 6. The third-order valence-electron chi connectivity index (χ3n) is 4.67. The minimum absolute atomic E-state index is 0.0403. The lowest BCUT2D eigenvalue weighted by molar-refractivity contribution is -0.133. The highest BCUT2D eigenvalue weighted by Crippen LogP contribution is 2.29. The van der Waals surface area contributed by atoms with Gasteiger partial charge in [0, 0.05) is 35.8 Å². The van der Waals surface area contributed by atoms with Gasteiger partial charge in [-0.25, -0.2) is 9.97 Å². The number of pyridine rings is 1. The Balaban J connectivity index is 1.61. The number of thiazole rings is 1. The molecule has 7 heteroatoms. The predicted octanol–water partition coefficient (Wildman–Crippen LogP) is 3.29. The van der Waals surface area contributed by atoms with E-state index in [-0.39, 0.29) is 5.91 Å². The van der Waals surface area contributed by atoms with E-state index in [0.29, 0.717) is 5.92 Å². The Bertz CT molecular complexity index is 737. The van der Waals surface area contributed by atoms with Gasteiger partial charge in [0.15, 0.2) is 5.13 Å². The molecule has 1 aliphatic heterocycles. The molecule has 1 atom stereocenters. The first-order valence-electron chi connectivity index (χ1n) is 9.30. The molecule has 3 rings (SSSR count). The highest BCUT2D eigenvalue weighted by Gasteiger charge is 2.26. The molecule has 0 radical (unpaired) electrons. The summed E-state index contributed by atoms with van der Waals surface area (Å²) in [6, 6.07) is 5.65. The first-order valence-corrected chi connectivity index (χ1v) is 10.1. The van der Waals surface area contributed by atoms with Crippen molar-refractivity contribution >= 4 is 28.2 Å². The average molecular weight is 374 g/mol. The van der Waals surface area contributed by atoms with E-state index in [1.165, 1.54) is 4.88 Å². The van der Waals surface area contributed by atoms with Crippen LogP contribution in [0.2, 0.25) is 0 Å². The zero-order valence-corrected chi connectivity index (χ0v) is 16.3. The van der Waals surface area contributed by atoms with Crippen molar-refractivity contribution < 1.29 is 4.79 Å². The summed E-state index contributed by atoms with van der Waals surface area (Å²) in [4.78, 5) is 24.4. The van der Waals surface area contributed by atoms with Crippen LogP contribution in [0.25, 0.3) is 0 Å². The van der Waals surface area contributed by atoms with Crippen LogP contribution < -0.4 is 11.1 Å². The zero-order valence-electron chi connectivity index (χ0n) is 15.4. The molecule has 1 fully saturated rings. The Morgan fingerprint density at radius 3 is 2.88 bits per heavy atom. The lowest BCUT2D eigenvalue weighted by Crippen LogP contribution is -2.45. The molecular weight excluding hydrogens is 346 g/mol. The molecule has 3 heterocycles. The summed E-state index contributed by atoms with van der Waals surface area (Å²) < 4.78 is 0. The number of carbonyl (C=O) groups excluding carboxylic acids is 1. The maximum atomic E-state index is 12.0. The van der Waals surface area contributed by atoms with Gasteiger partial charge in [-0.05, 0) is 38.3 Å². The summed E-state index contributed by atoms with van der Waals surface area (Å²) in [5.74, 6) is 1.24. The van der Waals surface area contributed by atoms with Gasteiger partial charge < -0.3 is 16.0 Å². The number of likely N-dealkylation sites (tertiary alicyclic amines) is 1. The summed E-state index contributed by atoms with van der Waals surface area (Å²) in [7, 11) is 0. The fourth-order valence-corrected chi connectivity index (χ4v) is 4.19. The monoisotopic (exact) mass is 373 g/mol. The minimum atomic E-state index is -0.423. The van der Waals surface area contributed by atoms with Crippen molar-refractivity contribution in [3.63, 3.8) is 0 Å². The highest BCUT2D eigenvalue weighted by atomic mass is 32.1. The van der Waals surface area contributed by atoms with E-state index in [4.69, 9.17) is 10.7 Å². The third kappa shape index (κ3) is 4.59. The van der Waals surface area contributed by atoms with Crippen molar-refractivity contribution in [3.05, 3.63) is 35.0 Å². The molecule has 2 aromatic heterocycles. The molecule has 0 aromatic carbocycles. The Morgan fingerprint density at radius 2 is 2.19 bits per heavy atom. The summed E-state index contributed by atoms with van der Waals surface area (Å²) in [5.41, 5.74) is 6.79. The van der Waals surface area contributed by atoms with Crippen LogP contribution in [-0.4, -0.2) is 39.9 Å². The topological polar surface area (TPSA) is 84.1 Å². The molecule has 6 nitrogen and oxygen atoms in total. The SMILES string of the molecule is CCCc1cnc(Nc2cccc(C3CCN(C(=O)C(C)N)CC3)n2)s1. The van der Waals surface area contributed by atoms with E-state index in [1.54, 1.807) is 18.3 Å². The molecule has 0 saturated carbocycles. The maximum absolute atomic E-state index is 12.0. The number of rotatable bonds is 6. The molecule has 26 heavy (non-hydrogen) atoms. The van der Waals surface area contributed by atoms with Crippen LogP contribution in [0.4, 0.5) is 10.9 Å². The van der Waals surface area contributed by atoms with Gasteiger partial charge in [-0.1, -0.05) is 19.4 Å². The summed E-state index contributed by atoms with van der Waals surface area (Å²) in [5, 5.41) is 4.20. The first kappa shape index (κ1) is 18.8. The number of hydrogen-bond donors (Lipinski definition) is 2. The quantitative estimate of drug-likeness (QED) is 0.812. The van der Waals surface area contributed by atoms with E-state index in [0.717, 1.165) is 55.4 Å². The fourth-order valence-electron chi connectivity index (χ4n) is 3.27. The van der Waals surface area contributed by atoms with Crippen LogP contribution in [0.3, 0.4) is 0 Å². The summed E-state index contributed by atoms with van der Waals surface area (Å²) >= 11 is 1.68. The second-order valence-corrected chi connectivity index (χ2v) is 7.96. The number of amides is 1. The van der Waals surface area contributed by atoms with E-state index in [9.17, 15) is 4.79 Å². The largest absolute Gasteiger partial charge is 0.341 e. The van der Waals surface area contributed by atoms with Gasteiger partial charge in [-0.2, -0.15) is 0 Å². The standard InChI is InChI=1S/C19H27N5OS/c1-3-5-15-12-21-19(26-15)23-17-7-4-6-16(22-17)14-8-10-24(11-9-14)18(25)13(2)20/h4,6-7,12-14H,3,5,8-11,20H2,1-2H3,(H,21,22,23). The van der Waals surface area contributed by atoms with Crippen LogP contribution in [0, 0.1) is 0 Å². The molecule has 0 bridgehead atoms. The number of nitrogens with one attached hydrogen (secondary N) is 1. The Hall–Kier alpha value is -1.99. The van der Waals surface area contributed by atoms with Gasteiger partial charge in [0.1, 0.15) is 5.82 Å². The molecule has 1 saturated heterocycles. The fraction of sp³-hybridized carbons (Fsp3) is 0.526. The molecule has 1 aliphatic rings. The van der Waals surface area contributed by atoms with Crippen molar-refractivity contribution in [2.45, 2.75) is 51.5 Å². The summed E-state index contributed by atoms with van der Waals surface area (Å²) in [6.07, 6.45) is 5.97. The number of nitrogens with two attached hydrogens (primary N) is 1.